The van der Waals surface area contributed by atoms with E-state index in [2.05, 4.69) is 5.32 Å². The fraction of sp³-hybridized carbons (Fsp3) is 1.00. The predicted octanol–water partition coefficient (Wildman–Crippen LogP) is -0.177. The van der Waals surface area contributed by atoms with Crippen molar-refractivity contribution in [1.82, 2.24) is 9.62 Å². The van der Waals surface area contributed by atoms with Crippen LogP contribution in [0.2, 0.25) is 0 Å². The molecule has 114 valence electrons. The summed E-state index contributed by atoms with van der Waals surface area (Å²) in [5.74, 6) is -0.659. The summed E-state index contributed by atoms with van der Waals surface area (Å²) in [5.41, 5.74) is 0. The van der Waals surface area contributed by atoms with Crippen molar-refractivity contribution < 1.29 is 16.8 Å². The normalized spacial score (nSPS) is 21.4. The van der Waals surface area contributed by atoms with E-state index in [0.29, 0.717) is 6.54 Å². The van der Waals surface area contributed by atoms with Crippen LogP contribution in [0.3, 0.4) is 0 Å². The largest absolute Gasteiger partial charge is 0.313 e. The molecule has 0 aromatic heterocycles. The number of hydrogen-bond donors (Lipinski definition) is 1. The highest BCUT2D eigenvalue weighted by atomic mass is 32.2. The zero-order valence-electron chi connectivity index (χ0n) is 11.8. The van der Waals surface area contributed by atoms with Gasteiger partial charge >= 0.3 is 0 Å². The van der Waals surface area contributed by atoms with Crippen LogP contribution in [0.25, 0.3) is 0 Å². The molecule has 0 bridgehead atoms. The zero-order chi connectivity index (χ0) is 14.7. The Morgan fingerprint density at radius 2 is 1.84 bits per heavy atom. The molecule has 1 rings (SSSR count). The van der Waals surface area contributed by atoms with Crippen molar-refractivity contribution in [2.45, 2.75) is 38.8 Å². The lowest BCUT2D eigenvalue weighted by atomic mass is 10.2. The summed E-state index contributed by atoms with van der Waals surface area (Å²) in [5, 5.41) is 3.26. The Balaban J connectivity index is 2.73. The molecule has 0 radical (unpaired) electrons. The van der Waals surface area contributed by atoms with Crippen LogP contribution in [0.4, 0.5) is 0 Å². The molecule has 1 N–H and O–H groups in total. The molecule has 0 aromatic rings. The molecule has 19 heavy (non-hydrogen) atoms. The fourth-order valence-electron chi connectivity index (χ4n) is 2.15. The number of hydrogen-bond acceptors (Lipinski definition) is 5. The van der Waals surface area contributed by atoms with Gasteiger partial charge in [-0.15, -0.1) is 0 Å². The lowest BCUT2D eigenvalue weighted by Crippen LogP contribution is -2.46. The molecule has 1 atom stereocenters. The van der Waals surface area contributed by atoms with Crippen molar-refractivity contribution in [2.75, 3.05) is 30.9 Å². The highest BCUT2D eigenvalue weighted by Crippen LogP contribution is 2.14. The first-order valence-electron chi connectivity index (χ1n) is 6.52. The lowest BCUT2D eigenvalue weighted by molar-refractivity contribution is 0.323. The summed E-state index contributed by atoms with van der Waals surface area (Å²) in [6.45, 7) is 4.96. The lowest BCUT2D eigenvalue weighted by Gasteiger charge is -2.28. The Kier molecular flexibility index (Phi) is 5.78. The molecule has 0 aliphatic carbocycles. The second-order valence-corrected chi connectivity index (χ2v) is 9.70. The smallest absolute Gasteiger partial charge is 0.215 e. The monoisotopic (exact) mass is 312 g/mol. The average molecular weight is 312 g/mol. The van der Waals surface area contributed by atoms with E-state index in [-0.39, 0.29) is 23.6 Å². The van der Waals surface area contributed by atoms with E-state index in [9.17, 15) is 16.8 Å². The van der Waals surface area contributed by atoms with Crippen molar-refractivity contribution in [3.63, 3.8) is 0 Å². The molecule has 0 amide bonds. The van der Waals surface area contributed by atoms with Crippen LogP contribution < -0.4 is 5.32 Å². The summed E-state index contributed by atoms with van der Waals surface area (Å²) >= 11 is 0. The van der Waals surface area contributed by atoms with Crippen LogP contribution in [-0.4, -0.2) is 64.1 Å². The third-order valence-electron chi connectivity index (χ3n) is 3.21. The first-order chi connectivity index (χ1) is 8.62. The van der Waals surface area contributed by atoms with E-state index < -0.39 is 19.9 Å². The van der Waals surface area contributed by atoms with E-state index in [1.807, 2.05) is 13.8 Å². The highest BCUT2D eigenvalue weighted by molar-refractivity contribution is 7.93. The quantitative estimate of drug-likeness (QED) is 0.705. The summed E-state index contributed by atoms with van der Waals surface area (Å²) < 4.78 is 48.1. The van der Waals surface area contributed by atoms with Crippen LogP contribution in [-0.2, 0) is 19.9 Å². The second kappa shape index (κ2) is 6.51. The highest BCUT2D eigenvalue weighted by Gasteiger charge is 2.29. The molecule has 1 aliphatic heterocycles. The van der Waals surface area contributed by atoms with Crippen molar-refractivity contribution >= 4 is 19.9 Å². The van der Waals surface area contributed by atoms with Gasteiger partial charge in [-0.25, -0.2) is 16.8 Å². The third-order valence-corrected chi connectivity index (χ3v) is 6.42. The van der Waals surface area contributed by atoms with Gasteiger partial charge in [-0.05, 0) is 33.2 Å². The van der Waals surface area contributed by atoms with Crippen LogP contribution in [0.15, 0.2) is 0 Å². The Labute approximate surface area is 116 Å². The number of rotatable bonds is 7. The minimum Gasteiger partial charge on any atom is -0.313 e. The second-order valence-electron chi connectivity index (χ2n) is 5.40. The molecular formula is C11H24N2O4S2. The van der Waals surface area contributed by atoms with Gasteiger partial charge in [0.25, 0.3) is 0 Å². The topological polar surface area (TPSA) is 83.6 Å². The third kappa shape index (κ3) is 5.76. The first kappa shape index (κ1) is 16.9. The van der Waals surface area contributed by atoms with Crippen molar-refractivity contribution in [3.05, 3.63) is 0 Å². The van der Waals surface area contributed by atoms with Gasteiger partial charge in [0.15, 0.2) is 0 Å². The van der Waals surface area contributed by atoms with Crippen LogP contribution in [0, 0.1) is 0 Å². The van der Waals surface area contributed by atoms with Gasteiger partial charge in [0.2, 0.25) is 10.0 Å². The standard InChI is InChI=1S/C11H24N2O4S2/c1-10(2)13(9-11-5-4-6-12-11)19(16,17)8-7-18(3,14)15/h10-12H,4-9H2,1-3H3. The minimum atomic E-state index is -3.53. The van der Waals surface area contributed by atoms with Crippen LogP contribution in [0.1, 0.15) is 26.7 Å². The molecule has 6 nitrogen and oxygen atoms in total. The van der Waals surface area contributed by atoms with Gasteiger partial charge in [0.05, 0.1) is 11.5 Å². The SMILES string of the molecule is CC(C)N(CC1CCCN1)S(=O)(=O)CCS(C)(=O)=O. The van der Waals surface area contributed by atoms with E-state index in [0.717, 1.165) is 25.6 Å². The Bertz CT molecular complexity index is 479. The molecule has 1 aliphatic rings. The van der Waals surface area contributed by atoms with Gasteiger partial charge in [0.1, 0.15) is 9.84 Å². The number of sulfonamides is 1. The molecular weight excluding hydrogens is 288 g/mol. The molecule has 0 aromatic carbocycles. The van der Waals surface area contributed by atoms with Crippen molar-refractivity contribution in [2.24, 2.45) is 0 Å². The van der Waals surface area contributed by atoms with Gasteiger partial charge in [0, 0.05) is 24.9 Å². The van der Waals surface area contributed by atoms with E-state index in [1.54, 1.807) is 0 Å². The maximum Gasteiger partial charge on any atom is 0.215 e. The molecule has 1 heterocycles. The zero-order valence-corrected chi connectivity index (χ0v) is 13.4. The fourth-order valence-corrected chi connectivity index (χ4v) is 5.49. The molecule has 1 unspecified atom stereocenters. The maximum absolute atomic E-state index is 12.2. The molecule has 0 spiro atoms. The molecule has 1 fully saturated rings. The number of nitrogens with one attached hydrogen (secondary N) is 1. The van der Waals surface area contributed by atoms with Crippen molar-refractivity contribution in [3.8, 4) is 0 Å². The van der Waals surface area contributed by atoms with E-state index in [4.69, 9.17) is 0 Å². The Morgan fingerprint density at radius 3 is 2.26 bits per heavy atom. The van der Waals surface area contributed by atoms with E-state index >= 15 is 0 Å². The maximum atomic E-state index is 12.2. The molecule has 8 heteroatoms. The summed E-state index contributed by atoms with van der Waals surface area (Å²) in [4.78, 5) is 0. The molecule has 0 saturated carbocycles. The first-order valence-corrected chi connectivity index (χ1v) is 10.2. The molecule has 1 saturated heterocycles. The van der Waals surface area contributed by atoms with Gasteiger partial charge in [-0.1, -0.05) is 0 Å². The Hall–Kier alpha value is -0.180. The van der Waals surface area contributed by atoms with Crippen molar-refractivity contribution in [1.29, 1.82) is 0 Å². The van der Waals surface area contributed by atoms with E-state index in [1.165, 1.54) is 4.31 Å². The predicted molar refractivity (Wildman–Crippen MR) is 76.4 cm³/mol. The van der Waals surface area contributed by atoms with Gasteiger partial charge in [-0.3, -0.25) is 0 Å². The summed E-state index contributed by atoms with van der Waals surface area (Å²) in [6.07, 6.45) is 3.07. The minimum absolute atomic E-state index is 0.160. The van der Waals surface area contributed by atoms with Gasteiger partial charge in [-0.2, -0.15) is 4.31 Å². The Morgan fingerprint density at radius 1 is 1.21 bits per heavy atom. The summed E-state index contributed by atoms with van der Waals surface area (Å²) in [7, 11) is -6.79. The number of nitrogens with zero attached hydrogens (tertiary/aromatic N) is 1. The summed E-state index contributed by atoms with van der Waals surface area (Å²) in [6, 6.07) is 0.0161. The van der Waals surface area contributed by atoms with Crippen LogP contribution >= 0.6 is 0 Å². The number of sulfone groups is 1. The van der Waals surface area contributed by atoms with Crippen LogP contribution in [0.5, 0.6) is 0 Å². The average Bonchev–Trinajstić information content (AvgIpc) is 2.74. The van der Waals surface area contributed by atoms with Gasteiger partial charge < -0.3 is 5.32 Å².